The molecule has 3 heterocycles. The van der Waals surface area contributed by atoms with E-state index in [2.05, 4.69) is 20.6 Å². The van der Waals surface area contributed by atoms with Gasteiger partial charge in [0, 0.05) is 31.5 Å². The van der Waals surface area contributed by atoms with Crippen LogP contribution in [0.3, 0.4) is 0 Å². The second kappa shape index (κ2) is 7.42. The number of piperidine rings is 1. The quantitative estimate of drug-likeness (QED) is 0.904. The molecule has 3 rings (SSSR count). The highest BCUT2D eigenvalue weighted by atomic mass is 16.2. The second-order valence-corrected chi connectivity index (χ2v) is 6.43. The number of anilines is 1. The van der Waals surface area contributed by atoms with Gasteiger partial charge < -0.3 is 10.2 Å². The second-order valence-electron chi connectivity index (χ2n) is 6.43. The zero-order valence-corrected chi connectivity index (χ0v) is 14.2. The molecule has 24 heavy (non-hydrogen) atoms. The highest BCUT2D eigenvalue weighted by Crippen LogP contribution is 2.17. The Labute approximate surface area is 142 Å². The van der Waals surface area contributed by atoms with Crippen molar-refractivity contribution in [1.29, 1.82) is 0 Å². The predicted octanol–water partition coefficient (Wildman–Crippen LogP) is 1.72. The van der Waals surface area contributed by atoms with E-state index in [-0.39, 0.29) is 11.8 Å². The Morgan fingerprint density at radius 3 is 2.75 bits per heavy atom. The number of hydrogen-bond donors (Lipinski definition) is 1. The number of amides is 1. The van der Waals surface area contributed by atoms with Crippen molar-refractivity contribution in [2.75, 3.05) is 18.4 Å². The number of rotatable bonds is 5. The highest BCUT2D eigenvalue weighted by Gasteiger charge is 2.26. The molecule has 1 aliphatic rings. The molecule has 0 bridgehead atoms. The monoisotopic (exact) mass is 328 g/mol. The first-order valence-corrected chi connectivity index (χ1v) is 8.45. The van der Waals surface area contributed by atoms with E-state index in [1.165, 1.54) is 0 Å². The molecule has 0 aromatic carbocycles. The van der Waals surface area contributed by atoms with E-state index in [4.69, 9.17) is 0 Å². The van der Waals surface area contributed by atoms with Gasteiger partial charge in [0.2, 0.25) is 5.91 Å². The minimum absolute atomic E-state index is 0.0580. The Kier molecular flexibility index (Phi) is 5.08. The lowest BCUT2D eigenvalue weighted by atomic mass is 10.0. The van der Waals surface area contributed by atoms with Crippen LogP contribution in [-0.2, 0) is 11.3 Å². The van der Waals surface area contributed by atoms with E-state index in [9.17, 15) is 4.79 Å². The molecule has 2 aromatic heterocycles. The van der Waals surface area contributed by atoms with Gasteiger partial charge in [-0.25, -0.2) is 0 Å². The maximum atomic E-state index is 12.6. The third kappa shape index (κ3) is 4.10. The maximum absolute atomic E-state index is 12.6. The fourth-order valence-electron chi connectivity index (χ4n) is 3.01. The van der Waals surface area contributed by atoms with Crippen molar-refractivity contribution in [3.63, 3.8) is 0 Å². The molecule has 7 heteroatoms. The molecule has 0 radical (unpaired) electrons. The molecular formula is C17H24N6O. The molecule has 1 N–H and O–H groups in total. The first-order valence-electron chi connectivity index (χ1n) is 8.45. The summed E-state index contributed by atoms with van der Waals surface area (Å²) >= 11 is 0. The first-order chi connectivity index (χ1) is 11.6. The Hall–Kier alpha value is -2.44. The van der Waals surface area contributed by atoms with Gasteiger partial charge in [-0.05, 0) is 38.0 Å². The number of aryl methyl sites for hydroxylation is 1. The summed E-state index contributed by atoms with van der Waals surface area (Å²) in [6.45, 7) is 6.07. The van der Waals surface area contributed by atoms with Gasteiger partial charge in [-0.1, -0.05) is 6.92 Å². The third-order valence-corrected chi connectivity index (χ3v) is 4.40. The normalized spacial score (nSPS) is 16.8. The van der Waals surface area contributed by atoms with Crippen molar-refractivity contribution in [3.05, 3.63) is 36.3 Å². The summed E-state index contributed by atoms with van der Waals surface area (Å²) < 4.78 is 1.81. The van der Waals surface area contributed by atoms with Crippen molar-refractivity contribution in [3.8, 4) is 0 Å². The van der Waals surface area contributed by atoms with Crippen molar-refractivity contribution >= 4 is 11.7 Å². The van der Waals surface area contributed by atoms with E-state index >= 15 is 0 Å². The van der Waals surface area contributed by atoms with Crippen LogP contribution in [0.2, 0.25) is 0 Å². The third-order valence-electron chi connectivity index (χ3n) is 4.40. The average Bonchev–Trinajstić information content (AvgIpc) is 3.10. The molecular weight excluding hydrogens is 304 g/mol. The minimum Gasteiger partial charge on any atom is -0.366 e. The van der Waals surface area contributed by atoms with Gasteiger partial charge in [-0.3, -0.25) is 9.48 Å². The van der Waals surface area contributed by atoms with Crippen LogP contribution >= 0.6 is 0 Å². The molecule has 0 saturated carbocycles. The predicted molar refractivity (Wildman–Crippen MR) is 91.4 cm³/mol. The van der Waals surface area contributed by atoms with Crippen LogP contribution in [-0.4, -0.2) is 49.9 Å². The van der Waals surface area contributed by atoms with Crippen LogP contribution in [0.5, 0.6) is 0 Å². The van der Waals surface area contributed by atoms with Gasteiger partial charge in [0.1, 0.15) is 5.82 Å². The topological polar surface area (TPSA) is 75.9 Å². The number of likely N-dealkylation sites (tertiary alicyclic amines) is 1. The number of hydrogen-bond acceptors (Lipinski definition) is 5. The summed E-state index contributed by atoms with van der Waals surface area (Å²) in [4.78, 5) is 14.5. The van der Waals surface area contributed by atoms with Crippen molar-refractivity contribution in [2.45, 2.75) is 39.3 Å². The zero-order chi connectivity index (χ0) is 16.9. The van der Waals surface area contributed by atoms with Crippen molar-refractivity contribution in [2.24, 2.45) is 5.92 Å². The van der Waals surface area contributed by atoms with E-state index in [1.54, 1.807) is 6.20 Å². The van der Waals surface area contributed by atoms with Gasteiger partial charge in [-0.2, -0.15) is 10.2 Å². The molecule has 0 unspecified atom stereocenters. The zero-order valence-electron chi connectivity index (χ0n) is 14.2. The minimum atomic E-state index is -0.0580. The van der Waals surface area contributed by atoms with Crippen LogP contribution in [0.1, 0.15) is 25.5 Å². The molecule has 1 amide bonds. The van der Waals surface area contributed by atoms with E-state index < -0.39 is 0 Å². The summed E-state index contributed by atoms with van der Waals surface area (Å²) in [7, 11) is 0. The first kappa shape index (κ1) is 16.4. The fourth-order valence-corrected chi connectivity index (χ4v) is 3.01. The lowest BCUT2D eigenvalue weighted by Gasteiger charge is -2.34. The van der Waals surface area contributed by atoms with Crippen molar-refractivity contribution in [1.82, 2.24) is 24.9 Å². The molecule has 1 atom stereocenters. The maximum Gasteiger partial charge on any atom is 0.227 e. The van der Waals surface area contributed by atoms with Crippen molar-refractivity contribution < 1.29 is 4.79 Å². The largest absolute Gasteiger partial charge is 0.366 e. The SMILES string of the molecule is Cc1ccc(NC2CCN(C(=O)[C@@H](C)Cn3cccn3)CC2)nn1. The molecule has 1 saturated heterocycles. The number of carbonyl (C=O) groups excluding carboxylic acids is 1. The Bertz CT molecular complexity index is 646. The Morgan fingerprint density at radius 1 is 1.33 bits per heavy atom. The molecule has 2 aromatic rings. The van der Waals surface area contributed by atoms with Crippen LogP contribution in [0, 0.1) is 12.8 Å². The summed E-state index contributed by atoms with van der Waals surface area (Å²) in [6.07, 6.45) is 5.48. The van der Waals surface area contributed by atoms with Gasteiger partial charge in [0.05, 0.1) is 18.2 Å². The fraction of sp³-hybridized carbons (Fsp3) is 0.529. The van der Waals surface area contributed by atoms with Crippen LogP contribution in [0.25, 0.3) is 0 Å². The van der Waals surface area contributed by atoms with Gasteiger partial charge in [0.25, 0.3) is 0 Å². The van der Waals surface area contributed by atoms with E-state index in [0.29, 0.717) is 12.6 Å². The van der Waals surface area contributed by atoms with Gasteiger partial charge in [-0.15, -0.1) is 5.10 Å². The van der Waals surface area contributed by atoms with Gasteiger partial charge in [0.15, 0.2) is 0 Å². The van der Waals surface area contributed by atoms with Crippen LogP contribution in [0.4, 0.5) is 5.82 Å². The summed E-state index contributed by atoms with van der Waals surface area (Å²) in [5, 5.41) is 15.8. The lowest BCUT2D eigenvalue weighted by Crippen LogP contribution is -2.45. The highest BCUT2D eigenvalue weighted by molar-refractivity contribution is 5.78. The van der Waals surface area contributed by atoms with Crippen LogP contribution < -0.4 is 5.32 Å². The van der Waals surface area contributed by atoms with Gasteiger partial charge >= 0.3 is 0 Å². The van der Waals surface area contributed by atoms with E-state index in [1.807, 2.05) is 47.8 Å². The average molecular weight is 328 g/mol. The summed E-state index contributed by atoms with van der Waals surface area (Å²) in [6, 6.07) is 6.12. The molecule has 1 fully saturated rings. The summed E-state index contributed by atoms with van der Waals surface area (Å²) in [5.41, 5.74) is 0.909. The lowest BCUT2D eigenvalue weighted by molar-refractivity contribution is -0.136. The number of aromatic nitrogens is 4. The Morgan fingerprint density at radius 2 is 2.12 bits per heavy atom. The molecule has 0 spiro atoms. The van der Waals surface area contributed by atoms with Crippen LogP contribution in [0.15, 0.2) is 30.6 Å². The standard InChI is InChI=1S/C17H24N6O/c1-13(12-23-9-3-8-18-23)17(24)22-10-6-15(7-11-22)19-16-5-4-14(2)20-21-16/h3-5,8-9,13,15H,6-7,10-12H2,1-2H3,(H,19,21)/t13-/m0/s1. The summed E-state index contributed by atoms with van der Waals surface area (Å²) in [5.74, 6) is 0.953. The molecule has 0 aliphatic carbocycles. The molecule has 7 nitrogen and oxygen atoms in total. The molecule has 128 valence electrons. The Balaban J connectivity index is 1.47. The number of nitrogens with one attached hydrogen (secondary N) is 1. The van der Waals surface area contributed by atoms with E-state index in [0.717, 1.165) is 37.4 Å². The smallest absolute Gasteiger partial charge is 0.227 e. The number of carbonyl (C=O) groups is 1. The molecule has 1 aliphatic heterocycles. The number of nitrogens with zero attached hydrogens (tertiary/aromatic N) is 5.